The Morgan fingerprint density at radius 2 is 1.92 bits per heavy atom. The lowest BCUT2D eigenvalue weighted by atomic mass is 10.0. The molecule has 7 nitrogen and oxygen atoms in total. The number of amides is 1. The van der Waals surface area contributed by atoms with Gasteiger partial charge in [0.2, 0.25) is 11.9 Å². The van der Waals surface area contributed by atoms with Crippen LogP contribution >= 0.6 is 11.6 Å². The van der Waals surface area contributed by atoms with Crippen molar-refractivity contribution in [3.63, 3.8) is 0 Å². The largest absolute Gasteiger partial charge is 0.469 e. The van der Waals surface area contributed by atoms with E-state index in [1.807, 2.05) is 0 Å². The summed E-state index contributed by atoms with van der Waals surface area (Å²) in [5.41, 5.74) is 0.669. The van der Waals surface area contributed by atoms with Crippen molar-refractivity contribution in [2.24, 2.45) is 0 Å². The van der Waals surface area contributed by atoms with Gasteiger partial charge in [-0.2, -0.15) is 0 Å². The fourth-order valence-electron chi connectivity index (χ4n) is 2.19. The third kappa shape index (κ3) is 6.04. The minimum Gasteiger partial charge on any atom is -0.469 e. The van der Waals surface area contributed by atoms with Crippen LogP contribution in [0.5, 0.6) is 0 Å². The maximum atomic E-state index is 12.2. The van der Waals surface area contributed by atoms with Gasteiger partial charge in [-0.05, 0) is 17.7 Å². The third-order valence-electron chi connectivity index (χ3n) is 3.42. The molecule has 0 saturated carbocycles. The van der Waals surface area contributed by atoms with Crippen LogP contribution in [0.15, 0.2) is 42.7 Å². The van der Waals surface area contributed by atoms with Gasteiger partial charge < -0.3 is 15.4 Å². The number of carbonyl (C=O) groups is 2. The van der Waals surface area contributed by atoms with Crippen LogP contribution in [0.4, 0.5) is 5.95 Å². The van der Waals surface area contributed by atoms with Crippen LogP contribution in [-0.2, 0) is 14.3 Å². The molecule has 0 aliphatic carbocycles. The zero-order valence-corrected chi connectivity index (χ0v) is 14.5. The number of anilines is 1. The van der Waals surface area contributed by atoms with Crippen LogP contribution < -0.4 is 10.6 Å². The summed E-state index contributed by atoms with van der Waals surface area (Å²) in [6.07, 6.45) is 3.42. The zero-order valence-electron chi connectivity index (χ0n) is 13.7. The van der Waals surface area contributed by atoms with Gasteiger partial charge in [-0.15, -0.1) is 0 Å². The Morgan fingerprint density at radius 1 is 1.20 bits per heavy atom. The van der Waals surface area contributed by atoms with Gasteiger partial charge in [-0.25, -0.2) is 9.97 Å². The van der Waals surface area contributed by atoms with Gasteiger partial charge in [0.25, 0.3) is 0 Å². The Morgan fingerprint density at radius 3 is 2.60 bits per heavy atom. The van der Waals surface area contributed by atoms with E-state index in [-0.39, 0.29) is 18.7 Å². The summed E-state index contributed by atoms with van der Waals surface area (Å²) < 4.78 is 4.70. The fraction of sp³-hybridized carbons (Fsp3) is 0.294. The molecule has 8 heteroatoms. The second kappa shape index (κ2) is 9.58. The number of rotatable bonds is 8. The average molecular weight is 363 g/mol. The van der Waals surface area contributed by atoms with E-state index in [4.69, 9.17) is 16.3 Å². The van der Waals surface area contributed by atoms with Crippen LogP contribution in [0, 0.1) is 0 Å². The van der Waals surface area contributed by atoms with Crippen LogP contribution in [0.3, 0.4) is 0 Å². The minimum absolute atomic E-state index is 0.00119. The van der Waals surface area contributed by atoms with Crippen molar-refractivity contribution < 1.29 is 14.3 Å². The number of hydrogen-bond donors (Lipinski definition) is 2. The summed E-state index contributed by atoms with van der Waals surface area (Å²) in [5.74, 6) is -0.203. The van der Waals surface area contributed by atoms with Crippen molar-refractivity contribution >= 4 is 29.4 Å². The van der Waals surface area contributed by atoms with Crippen molar-refractivity contribution in [1.82, 2.24) is 15.3 Å². The number of methoxy groups -OCH3 is 1. The average Bonchev–Trinajstić information content (AvgIpc) is 2.62. The molecule has 0 radical (unpaired) electrons. The number of nitrogens with one attached hydrogen (secondary N) is 2. The molecule has 0 saturated heterocycles. The molecule has 1 aromatic heterocycles. The predicted octanol–water partition coefficient (Wildman–Crippen LogP) is 2.35. The van der Waals surface area contributed by atoms with Crippen LogP contribution in [0.25, 0.3) is 0 Å². The highest BCUT2D eigenvalue weighted by molar-refractivity contribution is 6.31. The topological polar surface area (TPSA) is 93.2 Å². The van der Waals surface area contributed by atoms with Crippen molar-refractivity contribution in [2.45, 2.75) is 18.9 Å². The van der Waals surface area contributed by atoms with Crippen molar-refractivity contribution in [1.29, 1.82) is 0 Å². The van der Waals surface area contributed by atoms with E-state index in [1.54, 1.807) is 42.7 Å². The van der Waals surface area contributed by atoms with E-state index in [0.717, 1.165) is 0 Å². The third-order valence-corrected chi connectivity index (χ3v) is 3.76. The normalized spacial score (nSPS) is 11.4. The van der Waals surface area contributed by atoms with Crippen molar-refractivity contribution in [3.05, 3.63) is 53.3 Å². The number of ether oxygens (including phenoxy) is 1. The second-order valence-electron chi connectivity index (χ2n) is 5.17. The summed E-state index contributed by atoms with van der Waals surface area (Å²) in [6, 6.07) is 8.22. The number of hydrogen-bond acceptors (Lipinski definition) is 6. The first-order valence-electron chi connectivity index (χ1n) is 7.71. The number of carbonyl (C=O) groups excluding carboxylic acids is 2. The number of nitrogens with zero attached hydrogens (tertiary/aromatic N) is 2. The second-order valence-corrected chi connectivity index (χ2v) is 5.58. The lowest BCUT2D eigenvalue weighted by molar-refractivity contribution is -0.141. The number of aromatic nitrogens is 2. The van der Waals surface area contributed by atoms with E-state index >= 15 is 0 Å². The summed E-state index contributed by atoms with van der Waals surface area (Å²) >= 11 is 6.18. The smallest absolute Gasteiger partial charge is 0.307 e. The summed E-state index contributed by atoms with van der Waals surface area (Å²) in [6.45, 7) is 0.364. The summed E-state index contributed by atoms with van der Waals surface area (Å²) in [4.78, 5) is 31.9. The lowest BCUT2D eigenvalue weighted by Gasteiger charge is -2.19. The highest BCUT2D eigenvalue weighted by atomic mass is 35.5. The molecule has 1 aromatic carbocycles. The Hall–Kier alpha value is -2.67. The van der Waals surface area contributed by atoms with Gasteiger partial charge in [-0.3, -0.25) is 9.59 Å². The molecular weight excluding hydrogens is 344 g/mol. The van der Waals surface area contributed by atoms with Crippen LogP contribution in [0.1, 0.15) is 24.4 Å². The Balaban J connectivity index is 1.94. The zero-order chi connectivity index (χ0) is 18.1. The Labute approximate surface area is 150 Å². The van der Waals surface area contributed by atoms with Gasteiger partial charge >= 0.3 is 5.97 Å². The van der Waals surface area contributed by atoms with Crippen molar-refractivity contribution in [3.8, 4) is 0 Å². The van der Waals surface area contributed by atoms with E-state index < -0.39 is 12.0 Å². The fourth-order valence-corrected chi connectivity index (χ4v) is 2.46. The van der Waals surface area contributed by atoms with Gasteiger partial charge in [0.15, 0.2) is 0 Å². The Bertz CT molecular complexity index is 712. The van der Waals surface area contributed by atoms with Crippen LogP contribution in [-0.4, -0.2) is 35.5 Å². The molecule has 132 valence electrons. The van der Waals surface area contributed by atoms with Crippen LogP contribution in [0.2, 0.25) is 5.02 Å². The molecule has 1 amide bonds. The molecule has 0 spiro atoms. The molecular formula is C17H19ClN4O3. The summed E-state index contributed by atoms with van der Waals surface area (Å²) in [5, 5.41) is 6.25. The number of esters is 1. The molecule has 0 bridgehead atoms. The first-order chi connectivity index (χ1) is 12.1. The molecule has 1 heterocycles. The standard InChI is InChI=1S/C17H19ClN4O3/c1-25-16(24)11-14(12-5-2-3-6-13(12)18)22-15(23)7-10-21-17-19-8-4-9-20-17/h2-6,8-9,14H,7,10-11H2,1H3,(H,22,23)(H,19,20,21). The predicted molar refractivity (Wildman–Crippen MR) is 94.1 cm³/mol. The number of benzene rings is 1. The number of halogens is 1. The van der Waals surface area contributed by atoms with Gasteiger partial charge in [-0.1, -0.05) is 29.8 Å². The quantitative estimate of drug-likeness (QED) is 0.700. The van der Waals surface area contributed by atoms with Crippen molar-refractivity contribution in [2.75, 3.05) is 19.0 Å². The molecule has 25 heavy (non-hydrogen) atoms. The first-order valence-corrected chi connectivity index (χ1v) is 8.09. The molecule has 0 aliphatic rings. The van der Waals surface area contributed by atoms with E-state index in [9.17, 15) is 9.59 Å². The lowest BCUT2D eigenvalue weighted by Crippen LogP contribution is -2.31. The van der Waals surface area contributed by atoms with E-state index in [1.165, 1.54) is 7.11 Å². The monoisotopic (exact) mass is 362 g/mol. The molecule has 0 fully saturated rings. The molecule has 0 aliphatic heterocycles. The van der Waals surface area contributed by atoms with Gasteiger partial charge in [0.05, 0.1) is 19.6 Å². The highest BCUT2D eigenvalue weighted by Crippen LogP contribution is 2.25. The minimum atomic E-state index is -0.554. The summed E-state index contributed by atoms with van der Waals surface area (Å²) in [7, 11) is 1.30. The molecule has 2 N–H and O–H groups in total. The molecule has 1 unspecified atom stereocenters. The van der Waals surface area contributed by atoms with E-state index in [0.29, 0.717) is 23.1 Å². The maximum absolute atomic E-state index is 12.2. The van der Waals surface area contributed by atoms with Gasteiger partial charge in [0, 0.05) is 30.4 Å². The Kier molecular flexibility index (Phi) is 7.16. The molecule has 2 rings (SSSR count). The highest BCUT2D eigenvalue weighted by Gasteiger charge is 2.20. The SMILES string of the molecule is COC(=O)CC(NC(=O)CCNc1ncccn1)c1ccccc1Cl. The van der Waals surface area contributed by atoms with E-state index in [2.05, 4.69) is 20.6 Å². The first kappa shape index (κ1) is 18.7. The molecule has 1 atom stereocenters. The molecule has 2 aromatic rings. The maximum Gasteiger partial charge on any atom is 0.307 e. The van der Waals surface area contributed by atoms with Gasteiger partial charge in [0.1, 0.15) is 0 Å².